The number of aliphatic imine (C=N–C) groups is 1. The summed E-state index contributed by atoms with van der Waals surface area (Å²) >= 11 is 6.29. The highest BCUT2D eigenvalue weighted by atomic mass is 35.5. The van der Waals surface area contributed by atoms with Crippen molar-refractivity contribution in [1.82, 2.24) is 19.7 Å². The average Bonchev–Trinajstić information content (AvgIpc) is 3.37. The lowest BCUT2D eigenvalue weighted by Gasteiger charge is -2.33. The molecule has 4 heterocycles. The van der Waals surface area contributed by atoms with Gasteiger partial charge in [-0.1, -0.05) is 24.6 Å². The minimum absolute atomic E-state index is 0.107. The van der Waals surface area contributed by atoms with Crippen molar-refractivity contribution in [3.63, 3.8) is 0 Å². The van der Waals surface area contributed by atoms with E-state index in [-0.39, 0.29) is 29.8 Å². The number of hydrogen-bond donors (Lipinski definition) is 3. The van der Waals surface area contributed by atoms with Crippen LogP contribution in [-0.2, 0) is 4.79 Å². The van der Waals surface area contributed by atoms with Gasteiger partial charge in [-0.25, -0.2) is 15.5 Å². The molecule has 2 aromatic heterocycles. The molecule has 0 spiro atoms. The normalized spacial score (nSPS) is 17.6. The standard InChI is InChI=1S/C28H28ClF2N9O/c1-17-12-21(20-14-19(29)6-7-24(20)39(33)11-9-32)35-16-38(17)25-4-2-3-5-26(41)37-23-15-36-40(28(30)31)27(23)18-8-10-34-22(25)13-18/h6-16,25,28H,1-5,32-33H2,(H,37,41)/b11-9-. The van der Waals surface area contributed by atoms with Crippen molar-refractivity contribution in [2.45, 2.75) is 38.3 Å². The number of amides is 1. The average molecular weight is 580 g/mol. The molecule has 0 aliphatic carbocycles. The number of anilines is 2. The fourth-order valence-corrected chi connectivity index (χ4v) is 5.11. The number of nitrogens with two attached hydrogens (primary N) is 2. The van der Waals surface area contributed by atoms with E-state index in [0.717, 1.165) is 0 Å². The van der Waals surface area contributed by atoms with Crippen LogP contribution in [0.25, 0.3) is 17.0 Å². The lowest BCUT2D eigenvalue weighted by molar-refractivity contribution is -0.116. The second-order valence-corrected chi connectivity index (χ2v) is 9.93. The first kappa shape index (κ1) is 28.0. The monoisotopic (exact) mass is 579 g/mol. The van der Waals surface area contributed by atoms with Crippen molar-refractivity contribution in [3.05, 3.63) is 89.8 Å². The van der Waals surface area contributed by atoms with Gasteiger partial charge >= 0.3 is 6.55 Å². The number of carbonyl (C=O) groups is 1. The number of nitrogens with one attached hydrogen (secondary N) is 1. The van der Waals surface area contributed by atoms with Gasteiger partial charge in [0, 0.05) is 46.9 Å². The summed E-state index contributed by atoms with van der Waals surface area (Å²) in [6, 6.07) is 8.25. The highest BCUT2D eigenvalue weighted by Crippen LogP contribution is 2.38. The fourth-order valence-electron chi connectivity index (χ4n) is 4.94. The number of allylic oxidation sites excluding steroid dienone is 1. The summed E-state index contributed by atoms with van der Waals surface area (Å²) in [5.74, 6) is 5.88. The van der Waals surface area contributed by atoms with E-state index in [1.54, 1.807) is 42.9 Å². The minimum atomic E-state index is -2.89. The van der Waals surface area contributed by atoms with Gasteiger partial charge in [-0.15, -0.1) is 0 Å². The number of carbonyl (C=O) groups excluding carboxylic acids is 1. The lowest BCUT2D eigenvalue weighted by Crippen LogP contribution is -2.29. The summed E-state index contributed by atoms with van der Waals surface area (Å²) in [7, 11) is 0. The first-order chi connectivity index (χ1) is 19.8. The number of hydrazine groups is 1. The Morgan fingerprint density at radius 2 is 2.07 bits per heavy atom. The number of hydrogen-bond acceptors (Lipinski definition) is 8. The van der Waals surface area contributed by atoms with E-state index in [1.165, 1.54) is 23.6 Å². The summed E-state index contributed by atoms with van der Waals surface area (Å²) in [4.78, 5) is 23.8. The van der Waals surface area contributed by atoms with Crippen LogP contribution in [0.2, 0.25) is 5.02 Å². The lowest BCUT2D eigenvalue weighted by atomic mass is 9.99. The van der Waals surface area contributed by atoms with Crippen molar-refractivity contribution in [2.24, 2.45) is 16.6 Å². The van der Waals surface area contributed by atoms with Crippen molar-refractivity contribution >= 4 is 40.9 Å². The largest absolute Gasteiger partial charge is 0.403 e. The Labute approximate surface area is 240 Å². The molecule has 0 fully saturated rings. The molecule has 0 radical (unpaired) electrons. The van der Waals surface area contributed by atoms with Crippen molar-refractivity contribution < 1.29 is 13.6 Å². The SMILES string of the molecule is C=C1C=C(c2cc(Cl)ccc2N(N)/C=C\N)N=CN1C1CCCCC(=O)Nc2cnn(C(F)F)c2-c2ccnc1c2. The second-order valence-electron chi connectivity index (χ2n) is 9.49. The Bertz CT molecular complexity index is 1570. The van der Waals surface area contributed by atoms with Crippen LogP contribution in [0.3, 0.4) is 0 Å². The summed E-state index contributed by atoms with van der Waals surface area (Å²) < 4.78 is 28.3. The smallest absolute Gasteiger partial charge is 0.333 e. The molecule has 212 valence electrons. The van der Waals surface area contributed by atoms with Crippen LogP contribution in [0.1, 0.15) is 49.5 Å². The Balaban J connectivity index is 1.52. The molecule has 0 saturated carbocycles. The number of aromatic nitrogens is 3. The molecule has 2 aliphatic rings. The maximum Gasteiger partial charge on any atom is 0.333 e. The van der Waals surface area contributed by atoms with Crippen LogP contribution in [0.15, 0.2) is 78.5 Å². The highest BCUT2D eigenvalue weighted by Gasteiger charge is 2.27. The molecule has 5 rings (SSSR count). The van der Waals surface area contributed by atoms with Gasteiger partial charge in [-0.2, -0.15) is 13.9 Å². The van der Waals surface area contributed by atoms with Crippen LogP contribution in [-0.4, -0.2) is 31.9 Å². The third-order valence-electron chi connectivity index (χ3n) is 6.83. The van der Waals surface area contributed by atoms with Crippen LogP contribution in [0, 0.1) is 0 Å². The molecule has 41 heavy (non-hydrogen) atoms. The molecule has 5 N–H and O–H groups in total. The first-order valence-corrected chi connectivity index (χ1v) is 13.2. The molecule has 1 unspecified atom stereocenters. The van der Waals surface area contributed by atoms with E-state index >= 15 is 0 Å². The zero-order chi connectivity index (χ0) is 29.1. The summed E-state index contributed by atoms with van der Waals surface area (Å²) in [6.07, 6.45) is 11.2. The van der Waals surface area contributed by atoms with Gasteiger partial charge in [0.05, 0.1) is 47.0 Å². The molecule has 1 atom stereocenters. The van der Waals surface area contributed by atoms with Gasteiger partial charge in [0.2, 0.25) is 5.91 Å². The topological polar surface area (TPSA) is 131 Å². The van der Waals surface area contributed by atoms with Gasteiger partial charge in [-0.05, 0) is 49.2 Å². The van der Waals surface area contributed by atoms with Crippen LogP contribution in [0.5, 0.6) is 0 Å². The number of benzene rings is 1. The van der Waals surface area contributed by atoms with E-state index in [0.29, 0.717) is 62.9 Å². The summed E-state index contributed by atoms with van der Waals surface area (Å²) in [5.41, 5.74) is 9.45. The van der Waals surface area contributed by atoms with E-state index in [1.807, 2.05) is 11.0 Å². The van der Waals surface area contributed by atoms with Crippen molar-refractivity contribution in [1.29, 1.82) is 0 Å². The molecule has 13 heteroatoms. The van der Waals surface area contributed by atoms with Gasteiger partial charge in [0.15, 0.2) is 0 Å². The van der Waals surface area contributed by atoms with Crippen molar-refractivity contribution in [2.75, 3.05) is 10.3 Å². The Morgan fingerprint density at radius 1 is 1.24 bits per heavy atom. The van der Waals surface area contributed by atoms with Gasteiger partial charge in [0.1, 0.15) is 0 Å². The third-order valence-corrected chi connectivity index (χ3v) is 7.07. The van der Waals surface area contributed by atoms with Gasteiger partial charge < -0.3 is 16.0 Å². The van der Waals surface area contributed by atoms with Gasteiger partial charge in [-0.3, -0.25) is 14.8 Å². The molecule has 3 aromatic rings. The number of fused-ring (bicyclic) bond motifs is 4. The summed E-state index contributed by atoms with van der Waals surface area (Å²) in [6.45, 7) is 1.37. The third kappa shape index (κ3) is 5.83. The number of nitrogens with zero attached hydrogens (tertiary/aromatic N) is 6. The van der Waals surface area contributed by atoms with Crippen LogP contribution < -0.4 is 21.9 Å². The van der Waals surface area contributed by atoms with E-state index < -0.39 is 6.55 Å². The Hall–Kier alpha value is -4.55. The van der Waals surface area contributed by atoms with Gasteiger partial charge in [0.25, 0.3) is 0 Å². The molecular formula is C28H28ClF2N9O. The molecule has 0 saturated heterocycles. The maximum absolute atomic E-state index is 13.8. The zero-order valence-electron chi connectivity index (χ0n) is 21.9. The highest BCUT2D eigenvalue weighted by molar-refractivity contribution is 6.30. The molecular weight excluding hydrogens is 552 g/mol. The first-order valence-electron chi connectivity index (χ1n) is 12.8. The molecule has 10 nitrogen and oxygen atoms in total. The van der Waals surface area contributed by atoms with Crippen LogP contribution in [0.4, 0.5) is 20.2 Å². The second kappa shape index (κ2) is 11.9. The van der Waals surface area contributed by atoms with Crippen molar-refractivity contribution in [3.8, 4) is 11.3 Å². The molecule has 1 amide bonds. The predicted octanol–water partition coefficient (Wildman–Crippen LogP) is 5.56. The van der Waals surface area contributed by atoms with Crippen LogP contribution >= 0.6 is 11.6 Å². The molecule has 1 aromatic carbocycles. The number of halogens is 3. The molecule has 2 aliphatic heterocycles. The maximum atomic E-state index is 13.8. The van der Waals surface area contributed by atoms with E-state index in [9.17, 15) is 13.6 Å². The minimum Gasteiger partial charge on any atom is -0.403 e. The number of pyridine rings is 1. The Morgan fingerprint density at radius 3 is 2.83 bits per heavy atom. The van der Waals surface area contributed by atoms with E-state index in [2.05, 4.69) is 22.0 Å². The predicted molar refractivity (Wildman–Crippen MR) is 155 cm³/mol. The fraction of sp³-hybridized carbons (Fsp3) is 0.214. The number of rotatable bonds is 5. The summed E-state index contributed by atoms with van der Waals surface area (Å²) in [5, 5.41) is 8.42. The Kier molecular flexibility index (Phi) is 8.13. The quantitative estimate of drug-likeness (QED) is 0.266. The number of alkyl halides is 2. The molecule has 2 bridgehead atoms. The van der Waals surface area contributed by atoms with E-state index in [4.69, 9.17) is 28.2 Å². The zero-order valence-corrected chi connectivity index (χ0v) is 22.7.